The molecule has 0 aliphatic rings. The number of fused-ring (bicyclic) bond motifs is 1. The number of hydrogen-bond acceptors (Lipinski definition) is 4. The summed E-state index contributed by atoms with van der Waals surface area (Å²) in [6, 6.07) is 15.3. The fourth-order valence-electron chi connectivity index (χ4n) is 4.95. The molecule has 0 amide bonds. The van der Waals surface area contributed by atoms with E-state index in [0.29, 0.717) is 28.8 Å². The summed E-state index contributed by atoms with van der Waals surface area (Å²) in [5.41, 5.74) is 2.93. The molecule has 3 aromatic carbocycles. The first-order valence-electron chi connectivity index (χ1n) is 13.5. The highest BCUT2D eigenvalue weighted by molar-refractivity contribution is 14.1. The number of carbonyl (C=O) groups is 1. The van der Waals surface area contributed by atoms with E-state index in [9.17, 15) is 4.79 Å². The molecule has 5 aromatic rings. The Morgan fingerprint density at radius 2 is 2.00 bits per heavy atom. The molecule has 0 saturated heterocycles. The first kappa shape index (κ1) is 30.0. The van der Waals surface area contributed by atoms with E-state index >= 15 is 8.78 Å². The summed E-state index contributed by atoms with van der Waals surface area (Å²) in [7, 11) is 1.25. The van der Waals surface area contributed by atoms with Crippen LogP contribution in [0.1, 0.15) is 42.0 Å². The van der Waals surface area contributed by atoms with Gasteiger partial charge in [-0.05, 0) is 83.5 Å². The molecular formula is C33H27F2IN4O3. The van der Waals surface area contributed by atoms with Crippen molar-refractivity contribution in [3.8, 4) is 22.9 Å². The average molecular weight is 693 g/mol. The number of halogens is 3. The van der Waals surface area contributed by atoms with E-state index in [1.807, 2.05) is 12.1 Å². The SMILES string of the molecule is [C-]#[N+]CCCCC(c1cccc(I)c1)c1cnc(-c2cc(Oc3c(F)cc4[nH]ccc4c3/C=C/C(=O)OC)ccc2F)[nH]1. The van der Waals surface area contributed by atoms with Gasteiger partial charge < -0.3 is 24.3 Å². The number of esters is 1. The van der Waals surface area contributed by atoms with Gasteiger partial charge >= 0.3 is 5.97 Å². The predicted octanol–water partition coefficient (Wildman–Crippen LogP) is 8.64. The Kier molecular flexibility index (Phi) is 9.51. The maximum absolute atomic E-state index is 15.3. The standard InChI is InChI=1S/C33H27F2IN4O3/c1-37-14-4-3-8-23(20-6-5-7-21(36)16-20)30-19-39-33(40-30)26-17-22(9-11-27(26)34)43-32-25(10-12-31(41)42-2)24-13-15-38-29(24)18-28(32)35/h5-7,9-13,15-19,23,38H,3-4,8,14H2,2H3,(H,39,40)/b12-10+. The number of rotatable bonds is 11. The van der Waals surface area contributed by atoms with E-state index in [0.717, 1.165) is 34.1 Å². The van der Waals surface area contributed by atoms with Crippen LogP contribution in [-0.2, 0) is 9.53 Å². The Bertz CT molecular complexity index is 1840. The van der Waals surface area contributed by atoms with Crippen molar-refractivity contribution < 1.29 is 23.0 Å². The van der Waals surface area contributed by atoms with Gasteiger partial charge in [0, 0.05) is 62.6 Å². The van der Waals surface area contributed by atoms with Crippen molar-refractivity contribution in [2.45, 2.75) is 25.2 Å². The number of methoxy groups -OCH3 is 1. The summed E-state index contributed by atoms with van der Waals surface area (Å²) in [4.78, 5) is 26.0. The number of unbranched alkanes of at least 4 members (excludes halogenated alkanes) is 1. The lowest BCUT2D eigenvalue weighted by Gasteiger charge is -2.16. The van der Waals surface area contributed by atoms with Gasteiger partial charge in [-0.15, -0.1) is 0 Å². The van der Waals surface area contributed by atoms with E-state index in [1.54, 1.807) is 18.5 Å². The van der Waals surface area contributed by atoms with Crippen molar-refractivity contribution in [2.75, 3.05) is 13.7 Å². The highest BCUT2D eigenvalue weighted by atomic mass is 127. The van der Waals surface area contributed by atoms with Crippen molar-refractivity contribution in [1.29, 1.82) is 0 Å². The minimum atomic E-state index is -0.663. The molecule has 1 atom stereocenters. The zero-order chi connectivity index (χ0) is 30.3. The van der Waals surface area contributed by atoms with Gasteiger partial charge in [-0.2, -0.15) is 0 Å². The maximum Gasteiger partial charge on any atom is 0.330 e. The molecule has 10 heteroatoms. The lowest BCUT2D eigenvalue weighted by atomic mass is 9.91. The van der Waals surface area contributed by atoms with Gasteiger partial charge in [0.15, 0.2) is 11.6 Å². The quantitative estimate of drug-likeness (QED) is 0.0478. The molecule has 218 valence electrons. The maximum atomic E-state index is 15.3. The third-order valence-electron chi connectivity index (χ3n) is 7.04. The number of aromatic nitrogens is 3. The van der Waals surface area contributed by atoms with E-state index in [4.69, 9.17) is 11.3 Å². The monoisotopic (exact) mass is 692 g/mol. The van der Waals surface area contributed by atoms with Crippen molar-refractivity contribution in [3.05, 3.63) is 117 Å². The molecule has 2 aromatic heterocycles. The number of nitrogens with one attached hydrogen (secondary N) is 2. The van der Waals surface area contributed by atoms with Gasteiger partial charge in [-0.25, -0.2) is 25.1 Å². The summed E-state index contributed by atoms with van der Waals surface area (Å²) < 4.78 is 42.2. The summed E-state index contributed by atoms with van der Waals surface area (Å²) >= 11 is 2.27. The number of H-pyrrole nitrogens is 2. The van der Waals surface area contributed by atoms with Crippen LogP contribution in [0.25, 0.3) is 33.2 Å². The number of ether oxygens (including phenoxy) is 2. The molecule has 5 rings (SSSR count). The first-order chi connectivity index (χ1) is 20.9. The van der Waals surface area contributed by atoms with Gasteiger partial charge in [0.2, 0.25) is 6.54 Å². The molecule has 0 bridgehead atoms. The Morgan fingerprint density at radius 3 is 2.79 bits per heavy atom. The molecular weight excluding hydrogens is 665 g/mol. The molecule has 2 heterocycles. The van der Waals surface area contributed by atoms with Gasteiger partial charge in [0.25, 0.3) is 0 Å². The van der Waals surface area contributed by atoms with Crippen LogP contribution in [0.15, 0.2) is 73.1 Å². The van der Waals surface area contributed by atoms with E-state index in [1.165, 1.54) is 43.5 Å². The van der Waals surface area contributed by atoms with E-state index < -0.39 is 17.6 Å². The van der Waals surface area contributed by atoms with Crippen LogP contribution in [-0.4, -0.2) is 34.6 Å². The Balaban J connectivity index is 1.48. The van der Waals surface area contributed by atoms with Gasteiger partial charge in [-0.1, -0.05) is 12.1 Å². The molecule has 43 heavy (non-hydrogen) atoms. The van der Waals surface area contributed by atoms with Crippen LogP contribution in [0.3, 0.4) is 0 Å². The van der Waals surface area contributed by atoms with E-state index in [-0.39, 0.29) is 23.0 Å². The highest BCUT2D eigenvalue weighted by Gasteiger charge is 2.21. The molecule has 1 unspecified atom stereocenters. The average Bonchev–Trinajstić information content (AvgIpc) is 3.68. The normalized spacial score (nSPS) is 12.0. The number of carbonyl (C=O) groups excluding carboxylic acids is 1. The molecule has 0 fully saturated rings. The fraction of sp³-hybridized carbons (Fsp3) is 0.182. The van der Waals surface area contributed by atoms with Gasteiger partial charge in [-0.3, -0.25) is 0 Å². The summed E-state index contributed by atoms with van der Waals surface area (Å²) in [5.74, 6) is -1.44. The molecule has 2 N–H and O–H groups in total. The number of hydrogen-bond donors (Lipinski definition) is 2. The molecule has 0 spiro atoms. The zero-order valence-corrected chi connectivity index (χ0v) is 25.3. The van der Waals surface area contributed by atoms with Crippen LogP contribution >= 0.6 is 22.6 Å². The van der Waals surface area contributed by atoms with Crippen LogP contribution in [0.5, 0.6) is 11.5 Å². The van der Waals surface area contributed by atoms with Crippen LogP contribution in [0, 0.1) is 21.8 Å². The molecule has 0 aliphatic heterocycles. The van der Waals surface area contributed by atoms with Crippen molar-refractivity contribution in [1.82, 2.24) is 15.0 Å². The summed E-state index contributed by atoms with van der Waals surface area (Å²) in [5, 5.41) is 0.632. The first-order valence-corrected chi connectivity index (χ1v) is 14.6. The minimum Gasteiger partial charge on any atom is -0.466 e. The molecule has 0 aliphatic carbocycles. The highest BCUT2D eigenvalue weighted by Crippen LogP contribution is 2.37. The molecule has 0 radical (unpaired) electrons. The van der Waals surface area contributed by atoms with Gasteiger partial charge in [0.05, 0.1) is 12.7 Å². The number of aromatic amines is 2. The van der Waals surface area contributed by atoms with Gasteiger partial charge in [0.1, 0.15) is 17.4 Å². The third-order valence-corrected chi connectivity index (χ3v) is 7.71. The lowest BCUT2D eigenvalue weighted by molar-refractivity contribution is -0.134. The van der Waals surface area contributed by atoms with Crippen LogP contribution in [0.4, 0.5) is 8.78 Å². The number of imidazole rings is 1. The number of benzene rings is 3. The van der Waals surface area contributed by atoms with Crippen LogP contribution in [0.2, 0.25) is 0 Å². The summed E-state index contributed by atoms with van der Waals surface area (Å²) in [6.07, 6.45) is 8.41. The largest absolute Gasteiger partial charge is 0.466 e. The third kappa shape index (κ3) is 6.94. The Morgan fingerprint density at radius 1 is 1.14 bits per heavy atom. The number of nitrogens with zero attached hydrogens (tertiary/aromatic N) is 2. The van der Waals surface area contributed by atoms with Crippen molar-refractivity contribution >= 4 is 45.5 Å². The molecule has 0 saturated carbocycles. The van der Waals surface area contributed by atoms with Crippen LogP contribution < -0.4 is 4.74 Å². The van der Waals surface area contributed by atoms with Crippen molar-refractivity contribution in [3.63, 3.8) is 0 Å². The topological polar surface area (TPSA) is 84.4 Å². The smallest absolute Gasteiger partial charge is 0.330 e. The second-order valence-corrected chi connectivity index (χ2v) is 11.1. The zero-order valence-electron chi connectivity index (χ0n) is 23.2. The summed E-state index contributed by atoms with van der Waals surface area (Å²) in [6.45, 7) is 7.54. The van der Waals surface area contributed by atoms with E-state index in [2.05, 4.69) is 59.3 Å². The Hall–Kier alpha value is -4.50. The Labute approximate surface area is 260 Å². The minimum absolute atomic E-state index is 0.0180. The lowest BCUT2D eigenvalue weighted by Crippen LogP contribution is -2.03. The second-order valence-electron chi connectivity index (χ2n) is 9.81. The van der Waals surface area contributed by atoms with Crippen molar-refractivity contribution in [2.24, 2.45) is 0 Å². The molecule has 7 nitrogen and oxygen atoms in total. The fourth-order valence-corrected chi connectivity index (χ4v) is 5.52. The second kappa shape index (κ2) is 13.6. The predicted molar refractivity (Wildman–Crippen MR) is 170 cm³/mol.